The Morgan fingerprint density at radius 3 is 2.34 bits per heavy atom. The monoisotopic (exact) mass is 394 g/mol. The molecule has 1 heterocycles. The Labute approximate surface area is 165 Å². The molecule has 8 heteroatoms. The van der Waals surface area contributed by atoms with Gasteiger partial charge in [0.05, 0.1) is 5.69 Å². The first-order valence-corrected chi connectivity index (χ1v) is 8.52. The number of anilines is 1. The molecular weight excluding hydrogens is 378 g/mol. The minimum Gasteiger partial charge on any atom is -0.366 e. The molecule has 0 aliphatic carbocycles. The molecule has 0 unspecified atom stereocenters. The molecule has 0 radical (unpaired) electrons. The molecule has 0 aliphatic heterocycles. The zero-order valence-electron chi connectivity index (χ0n) is 15.3. The molecule has 6 nitrogen and oxygen atoms in total. The van der Waals surface area contributed by atoms with Gasteiger partial charge in [-0.25, -0.2) is 18.7 Å². The Morgan fingerprint density at radius 1 is 1.03 bits per heavy atom. The first kappa shape index (κ1) is 19.8. The second-order valence-corrected chi connectivity index (χ2v) is 6.06. The minimum absolute atomic E-state index is 0.153. The van der Waals surface area contributed by atoms with Crippen LogP contribution in [-0.2, 0) is 4.79 Å². The van der Waals surface area contributed by atoms with Crippen LogP contribution in [0.3, 0.4) is 0 Å². The smallest absolute Gasteiger partial charge is 0.248 e. The number of carbonyl (C=O) groups is 2. The zero-order valence-corrected chi connectivity index (χ0v) is 15.3. The van der Waals surface area contributed by atoms with E-state index < -0.39 is 17.5 Å². The van der Waals surface area contributed by atoms with Gasteiger partial charge >= 0.3 is 0 Å². The molecule has 0 saturated carbocycles. The summed E-state index contributed by atoms with van der Waals surface area (Å²) in [6.45, 7) is 1.63. The molecular formula is C21H16F2N4O2. The maximum Gasteiger partial charge on any atom is 0.248 e. The van der Waals surface area contributed by atoms with E-state index in [4.69, 9.17) is 5.73 Å². The van der Waals surface area contributed by atoms with E-state index in [-0.39, 0.29) is 16.9 Å². The topological polar surface area (TPSA) is 98.0 Å². The van der Waals surface area contributed by atoms with E-state index in [2.05, 4.69) is 15.3 Å². The lowest BCUT2D eigenvalue weighted by atomic mass is 10.0. The first-order valence-electron chi connectivity index (χ1n) is 8.52. The Balaban J connectivity index is 2.21. The van der Waals surface area contributed by atoms with Crippen LogP contribution in [0.1, 0.15) is 27.3 Å². The highest BCUT2D eigenvalue weighted by molar-refractivity contribution is 5.95. The minimum atomic E-state index is -0.739. The highest BCUT2D eigenvalue weighted by Gasteiger charge is 2.15. The number of nitrogens with zero attached hydrogens (tertiary/aromatic N) is 2. The number of halogens is 2. The van der Waals surface area contributed by atoms with E-state index in [1.165, 1.54) is 24.3 Å². The molecule has 0 aliphatic rings. The van der Waals surface area contributed by atoms with Crippen molar-refractivity contribution in [2.75, 3.05) is 5.32 Å². The normalized spacial score (nSPS) is 10.9. The summed E-state index contributed by atoms with van der Waals surface area (Å²) < 4.78 is 28.0. The van der Waals surface area contributed by atoms with Crippen molar-refractivity contribution in [1.29, 1.82) is 0 Å². The lowest BCUT2D eigenvalue weighted by molar-refractivity contribution is -0.105. The van der Waals surface area contributed by atoms with Crippen molar-refractivity contribution in [2.45, 2.75) is 6.92 Å². The summed E-state index contributed by atoms with van der Waals surface area (Å²) in [5, 5.41) is 2.47. The summed E-state index contributed by atoms with van der Waals surface area (Å²) in [7, 11) is 0. The van der Waals surface area contributed by atoms with Crippen LogP contribution in [0.15, 0.2) is 42.5 Å². The number of hydrogen-bond donors (Lipinski definition) is 2. The highest BCUT2D eigenvalue weighted by atomic mass is 19.1. The van der Waals surface area contributed by atoms with Gasteiger partial charge in [0.15, 0.2) is 0 Å². The molecule has 0 spiro atoms. The molecule has 0 saturated heterocycles. The molecule has 29 heavy (non-hydrogen) atoms. The molecule has 3 aromatic rings. The Hall–Kier alpha value is -3.94. The third-order valence-electron chi connectivity index (χ3n) is 4.09. The summed E-state index contributed by atoms with van der Waals surface area (Å²) in [6.07, 6.45) is 3.07. The van der Waals surface area contributed by atoms with Gasteiger partial charge < -0.3 is 11.1 Å². The third kappa shape index (κ3) is 4.32. The zero-order chi connectivity index (χ0) is 21.0. The highest BCUT2D eigenvalue weighted by Crippen LogP contribution is 2.29. The summed E-state index contributed by atoms with van der Waals surface area (Å²) in [5.74, 6) is -1.59. The van der Waals surface area contributed by atoms with E-state index in [1.54, 1.807) is 25.1 Å². The number of aryl methyl sites for hydroxylation is 1. The van der Waals surface area contributed by atoms with Crippen LogP contribution < -0.4 is 11.1 Å². The fraction of sp³-hybridized carbons (Fsp3) is 0.0476. The van der Waals surface area contributed by atoms with Crippen LogP contribution in [0.4, 0.5) is 14.6 Å². The van der Waals surface area contributed by atoms with Gasteiger partial charge in [0.25, 0.3) is 0 Å². The Bertz CT molecular complexity index is 1110. The Morgan fingerprint density at radius 2 is 1.69 bits per heavy atom. The summed E-state index contributed by atoms with van der Waals surface area (Å²) >= 11 is 0. The van der Waals surface area contributed by atoms with Crippen LogP contribution >= 0.6 is 0 Å². The van der Waals surface area contributed by atoms with E-state index in [9.17, 15) is 18.4 Å². The third-order valence-corrected chi connectivity index (χ3v) is 4.09. The van der Waals surface area contributed by atoms with Gasteiger partial charge in [-0.15, -0.1) is 0 Å². The molecule has 0 atom stereocenters. The van der Waals surface area contributed by atoms with Gasteiger partial charge in [-0.2, -0.15) is 0 Å². The molecule has 2 aromatic carbocycles. The first-order chi connectivity index (χ1) is 13.9. The van der Waals surface area contributed by atoms with Crippen LogP contribution in [0.5, 0.6) is 0 Å². The van der Waals surface area contributed by atoms with E-state index in [0.717, 1.165) is 12.1 Å². The summed E-state index contributed by atoms with van der Waals surface area (Å²) in [4.78, 5) is 31.1. The van der Waals surface area contributed by atoms with Crippen molar-refractivity contribution < 1.29 is 18.4 Å². The fourth-order valence-corrected chi connectivity index (χ4v) is 2.78. The SMILES string of the molecule is Cc1nc(NC=O)c(/C=C\c2c(F)cccc2F)c(-c2cccc(C(N)=O)c2)n1. The average molecular weight is 394 g/mol. The fourth-order valence-electron chi connectivity index (χ4n) is 2.78. The lowest BCUT2D eigenvalue weighted by Gasteiger charge is -2.12. The number of nitrogens with two attached hydrogens (primary N) is 1. The van der Waals surface area contributed by atoms with Gasteiger partial charge in [0, 0.05) is 22.3 Å². The number of amides is 2. The molecule has 1 aromatic heterocycles. The number of aromatic nitrogens is 2. The molecule has 0 fully saturated rings. The average Bonchev–Trinajstić information content (AvgIpc) is 2.69. The predicted molar refractivity (Wildman–Crippen MR) is 106 cm³/mol. The van der Waals surface area contributed by atoms with Crippen LogP contribution in [0.2, 0.25) is 0 Å². The van der Waals surface area contributed by atoms with Crippen molar-refractivity contribution in [3.05, 3.63) is 76.6 Å². The Kier molecular flexibility index (Phi) is 5.73. The molecule has 3 N–H and O–H groups in total. The molecule has 2 amide bonds. The largest absolute Gasteiger partial charge is 0.366 e. The molecule has 146 valence electrons. The summed E-state index contributed by atoms with van der Waals surface area (Å²) in [5.41, 5.74) is 6.55. The number of primary amides is 1. The second-order valence-electron chi connectivity index (χ2n) is 6.06. The number of hydrogen-bond acceptors (Lipinski definition) is 4. The number of nitrogens with one attached hydrogen (secondary N) is 1. The van der Waals surface area contributed by atoms with Crippen LogP contribution in [0, 0.1) is 18.6 Å². The van der Waals surface area contributed by atoms with Crippen molar-refractivity contribution in [2.24, 2.45) is 5.73 Å². The number of benzene rings is 2. The van der Waals surface area contributed by atoms with E-state index in [0.29, 0.717) is 29.1 Å². The standard InChI is InChI=1S/C21H16F2N4O2/c1-12-26-19(13-4-2-5-14(10-13)20(24)29)16(21(27-12)25-11-28)9-8-15-17(22)6-3-7-18(15)23/h2-11H,1H3,(H2,24,29)(H,25,26,27,28)/b9-8-. The van der Waals surface area contributed by atoms with E-state index >= 15 is 0 Å². The maximum atomic E-state index is 14.0. The van der Waals surface area contributed by atoms with Crippen molar-refractivity contribution in [3.63, 3.8) is 0 Å². The quantitative estimate of drug-likeness (QED) is 0.625. The van der Waals surface area contributed by atoms with Gasteiger partial charge in [-0.3, -0.25) is 9.59 Å². The van der Waals surface area contributed by atoms with E-state index in [1.807, 2.05) is 0 Å². The second kappa shape index (κ2) is 8.39. The lowest BCUT2D eigenvalue weighted by Crippen LogP contribution is -2.11. The maximum absolute atomic E-state index is 14.0. The van der Waals surface area contributed by atoms with Crippen molar-refractivity contribution in [3.8, 4) is 11.3 Å². The van der Waals surface area contributed by atoms with Crippen molar-refractivity contribution in [1.82, 2.24) is 9.97 Å². The number of carbonyl (C=O) groups excluding carboxylic acids is 2. The summed E-state index contributed by atoms with van der Waals surface area (Å²) in [6, 6.07) is 9.94. The van der Waals surface area contributed by atoms with Crippen molar-refractivity contribution >= 4 is 30.3 Å². The molecule has 0 bridgehead atoms. The molecule has 3 rings (SSSR count). The van der Waals surface area contributed by atoms with Gasteiger partial charge in [0.1, 0.15) is 23.3 Å². The van der Waals surface area contributed by atoms with Crippen LogP contribution in [0.25, 0.3) is 23.4 Å². The predicted octanol–water partition coefficient (Wildman–Crippen LogP) is 3.57. The number of rotatable bonds is 6. The van der Waals surface area contributed by atoms with Crippen LogP contribution in [-0.4, -0.2) is 22.3 Å². The van der Waals surface area contributed by atoms with Gasteiger partial charge in [-0.05, 0) is 43.3 Å². The van der Waals surface area contributed by atoms with Gasteiger partial charge in [-0.1, -0.05) is 18.2 Å². The van der Waals surface area contributed by atoms with Gasteiger partial charge in [0.2, 0.25) is 12.3 Å².